The lowest BCUT2D eigenvalue weighted by Gasteiger charge is -2.26. The second kappa shape index (κ2) is 11.2. The number of fused-ring (bicyclic) bond motifs is 1. The third kappa shape index (κ3) is 5.50. The van der Waals surface area contributed by atoms with Crippen molar-refractivity contribution in [1.29, 1.82) is 0 Å². The molecule has 2 aliphatic heterocycles. The minimum atomic E-state index is -0.445. The molecule has 1 saturated heterocycles. The Hall–Kier alpha value is -4.76. The molecule has 3 heterocycles. The van der Waals surface area contributed by atoms with Gasteiger partial charge in [0.05, 0.1) is 22.5 Å². The smallest absolute Gasteiger partial charge is 0.270 e. The molecule has 40 heavy (non-hydrogen) atoms. The van der Waals surface area contributed by atoms with Crippen molar-refractivity contribution >= 4 is 34.2 Å². The lowest BCUT2D eigenvalue weighted by molar-refractivity contribution is -0.384. The zero-order chi connectivity index (χ0) is 27.5. The number of hydrogen-bond acceptors (Lipinski definition) is 6. The monoisotopic (exact) mass is 534 g/mol. The topological polar surface area (TPSA) is 105 Å². The third-order valence-corrected chi connectivity index (χ3v) is 7.45. The van der Waals surface area contributed by atoms with Crippen LogP contribution in [0.1, 0.15) is 41.5 Å². The molecular formula is C31H30N6O3. The molecule has 202 valence electrons. The summed E-state index contributed by atoms with van der Waals surface area (Å²) in [5, 5.41) is 17.9. The van der Waals surface area contributed by atoms with Crippen molar-refractivity contribution in [2.75, 3.05) is 23.7 Å². The molecule has 0 atom stereocenters. The number of piperidine rings is 1. The van der Waals surface area contributed by atoms with Gasteiger partial charge in [0.25, 0.3) is 11.6 Å². The highest BCUT2D eigenvalue weighted by Crippen LogP contribution is 2.39. The van der Waals surface area contributed by atoms with Crippen molar-refractivity contribution in [1.82, 2.24) is 14.5 Å². The van der Waals surface area contributed by atoms with Gasteiger partial charge in [0.1, 0.15) is 0 Å². The van der Waals surface area contributed by atoms with Crippen LogP contribution in [-0.4, -0.2) is 38.4 Å². The fourth-order valence-electron chi connectivity index (χ4n) is 5.38. The van der Waals surface area contributed by atoms with Gasteiger partial charge in [-0.05, 0) is 60.8 Å². The molecule has 0 saturated carbocycles. The van der Waals surface area contributed by atoms with Crippen LogP contribution in [0.15, 0.2) is 85.5 Å². The largest absolute Gasteiger partial charge is 0.354 e. The van der Waals surface area contributed by atoms with Gasteiger partial charge < -0.3 is 15.2 Å². The molecule has 0 radical (unpaired) electrons. The summed E-state index contributed by atoms with van der Waals surface area (Å²) >= 11 is 0. The van der Waals surface area contributed by atoms with Crippen molar-refractivity contribution in [3.8, 4) is 0 Å². The maximum atomic E-state index is 13.3. The number of nitrogens with zero attached hydrogens (tertiary/aromatic N) is 4. The molecule has 0 spiro atoms. The maximum Gasteiger partial charge on any atom is 0.270 e. The molecule has 1 aromatic heterocycles. The average molecular weight is 535 g/mol. The average Bonchev–Trinajstić information content (AvgIpc) is 3.60. The summed E-state index contributed by atoms with van der Waals surface area (Å²) in [5.74, 6) is -0.304. The quantitative estimate of drug-likeness (QED) is 0.169. The summed E-state index contributed by atoms with van der Waals surface area (Å²) in [7, 11) is 0. The molecule has 6 rings (SSSR count). The number of aromatic nitrogens is 2. The van der Waals surface area contributed by atoms with Gasteiger partial charge in [-0.25, -0.2) is 4.98 Å². The number of carbonyl (C=O) groups excluding carboxylic acids is 1. The summed E-state index contributed by atoms with van der Waals surface area (Å²) in [6, 6.07) is 20.7. The first-order valence-corrected chi connectivity index (χ1v) is 13.5. The van der Waals surface area contributed by atoms with Crippen LogP contribution in [0.25, 0.3) is 11.3 Å². The van der Waals surface area contributed by atoms with Crippen LogP contribution in [0.5, 0.6) is 0 Å². The molecule has 3 aromatic carbocycles. The number of imidazole rings is 1. The number of rotatable bonds is 8. The van der Waals surface area contributed by atoms with E-state index in [1.54, 1.807) is 18.6 Å². The van der Waals surface area contributed by atoms with E-state index in [1.165, 1.54) is 37.0 Å². The van der Waals surface area contributed by atoms with Gasteiger partial charge >= 0.3 is 0 Å². The fraction of sp³-hybridized carbons (Fsp3) is 0.226. The number of hydrogen-bond donors (Lipinski definition) is 2. The predicted molar refractivity (Wildman–Crippen MR) is 156 cm³/mol. The Morgan fingerprint density at radius 2 is 1.68 bits per heavy atom. The first-order chi connectivity index (χ1) is 19.5. The van der Waals surface area contributed by atoms with Crippen molar-refractivity contribution < 1.29 is 9.72 Å². The molecule has 4 aromatic rings. The van der Waals surface area contributed by atoms with Crippen LogP contribution in [0.4, 0.5) is 17.1 Å². The Bertz CT molecular complexity index is 1550. The molecule has 2 aliphatic rings. The highest BCUT2D eigenvalue weighted by molar-refractivity contribution is 6.37. The second-order valence-electron chi connectivity index (χ2n) is 10.3. The summed E-state index contributed by atoms with van der Waals surface area (Å²) < 4.78 is 1.98. The molecule has 0 aliphatic carbocycles. The van der Waals surface area contributed by atoms with Crippen LogP contribution in [0.3, 0.4) is 0 Å². The zero-order valence-electron chi connectivity index (χ0n) is 22.0. The maximum absolute atomic E-state index is 13.3. The number of benzene rings is 3. The van der Waals surface area contributed by atoms with E-state index < -0.39 is 4.92 Å². The number of nitro groups is 1. The Labute approximate surface area is 232 Å². The van der Waals surface area contributed by atoms with Crippen molar-refractivity contribution in [2.24, 2.45) is 0 Å². The van der Waals surface area contributed by atoms with E-state index in [0.717, 1.165) is 36.4 Å². The normalized spacial score (nSPS) is 16.4. The summed E-state index contributed by atoms with van der Waals surface area (Å²) in [6.45, 7) is 3.86. The minimum absolute atomic E-state index is 0.0650. The van der Waals surface area contributed by atoms with Crippen molar-refractivity contribution in [2.45, 2.75) is 32.4 Å². The van der Waals surface area contributed by atoms with Crippen LogP contribution < -0.4 is 10.6 Å². The Balaban J connectivity index is 1.35. The molecule has 9 heteroatoms. The van der Waals surface area contributed by atoms with E-state index in [0.29, 0.717) is 29.1 Å². The first-order valence-electron chi connectivity index (χ1n) is 13.5. The molecular weight excluding hydrogens is 504 g/mol. The Morgan fingerprint density at radius 3 is 2.38 bits per heavy atom. The zero-order valence-corrected chi connectivity index (χ0v) is 22.0. The number of carbonyl (C=O) groups is 1. The van der Waals surface area contributed by atoms with E-state index in [-0.39, 0.29) is 11.6 Å². The van der Waals surface area contributed by atoms with E-state index in [1.807, 2.05) is 47.2 Å². The van der Waals surface area contributed by atoms with Crippen molar-refractivity contribution in [3.63, 3.8) is 0 Å². The van der Waals surface area contributed by atoms with E-state index >= 15 is 0 Å². The lowest BCUT2D eigenvalue weighted by Crippen LogP contribution is -2.29. The van der Waals surface area contributed by atoms with Gasteiger partial charge in [-0.3, -0.25) is 19.8 Å². The van der Waals surface area contributed by atoms with Gasteiger partial charge in [-0.15, -0.1) is 0 Å². The molecule has 0 unspecified atom stereocenters. The molecule has 9 nitrogen and oxygen atoms in total. The second-order valence-corrected chi connectivity index (χ2v) is 10.3. The SMILES string of the molecule is O=C1Nc2ccc([N+](=O)[O-])cc2/C1=C(/Nc1ccc(CN2CCCCC2)cc1)c1ccc(Cn2ccnc2)cc1. The number of anilines is 2. The van der Waals surface area contributed by atoms with Crippen LogP contribution >= 0.6 is 0 Å². The highest BCUT2D eigenvalue weighted by atomic mass is 16.6. The van der Waals surface area contributed by atoms with Crippen molar-refractivity contribution in [3.05, 3.63) is 118 Å². The van der Waals surface area contributed by atoms with E-state index in [4.69, 9.17) is 0 Å². The number of nitro benzene ring substituents is 1. The van der Waals surface area contributed by atoms with Crippen LogP contribution in [-0.2, 0) is 17.9 Å². The fourth-order valence-corrected chi connectivity index (χ4v) is 5.38. The number of non-ortho nitro benzene ring substituents is 1. The molecule has 1 fully saturated rings. The number of amides is 1. The molecule has 0 bridgehead atoms. The molecule has 2 N–H and O–H groups in total. The van der Waals surface area contributed by atoms with Gasteiger partial charge in [0.15, 0.2) is 0 Å². The standard InChI is InChI=1S/C31H30N6O3/c38-31-29(27-18-26(37(39)40)12-13-28(27)34-31)30(24-8-4-22(5-9-24)20-36-17-14-32-21-36)33-25-10-6-23(7-11-25)19-35-15-2-1-3-16-35/h4-14,17-18,21,33H,1-3,15-16,19-20H2,(H,34,38)/b30-29-. The van der Waals surface area contributed by atoms with Gasteiger partial charge in [0, 0.05) is 54.6 Å². The summed E-state index contributed by atoms with van der Waals surface area (Å²) in [5.41, 5.74) is 5.92. The first kappa shape index (κ1) is 25.5. The van der Waals surface area contributed by atoms with Gasteiger partial charge in [0.2, 0.25) is 0 Å². The van der Waals surface area contributed by atoms with Crippen LogP contribution in [0.2, 0.25) is 0 Å². The Kier molecular flexibility index (Phi) is 7.11. The van der Waals surface area contributed by atoms with E-state index in [9.17, 15) is 14.9 Å². The third-order valence-electron chi connectivity index (χ3n) is 7.45. The predicted octanol–water partition coefficient (Wildman–Crippen LogP) is 5.76. The Morgan fingerprint density at radius 1 is 0.950 bits per heavy atom. The van der Waals surface area contributed by atoms with Gasteiger partial charge in [-0.1, -0.05) is 42.8 Å². The highest BCUT2D eigenvalue weighted by Gasteiger charge is 2.30. The summed E-state index contributed by atoms with van der Waals surface area (Å²) in [6.07, 6.45) is 9.23. The van der Waals surface area contributed by atoms with E-state index in [2.05, 4.69) is 32.7 Å². The number of nitrogens with one attached hydrogen (secondary N) is 2. The van der Waals surface area contributed by atoms with Crippen LogP contribution in [0, 0.1) is 10.1 Å². The number of likely N-dealkylation sites (tertiary alicyclic amines) is 1. The minimum Gasteiger partial charge on any atom is -0.354 e. The summed E-state index contributed by atoms with van der Waals surface area (Å²) in [4.78, 5) is 30.9. The lowest BCUT2D eigenvalue weighted by atomic mass is 9.98. The van der Waals surface area contributed by atoms with Gasteiger partial charge in [-0.2, -0.15) is 0 Å². The molecule has 1 amide bonds.